The third kappa shape index (κ3) is 4.46. The average molecular weight is 632 g/mol. The second-order valence-corrected chi connectivity index (χ2v) is 10.9. The number of aromatic nitrogens is 2. The first-order chi connectivity index (χ1) is 18.6. The van der Waals surface area contributed by atoms with Crippen molar-refractivity contribution in [1.82, 2.24) is 20.6 Å². The molecule has 6 nitrogen and oxygen atoms in total. The molecule has 38 heavy (non-hydrogen) atoms. The minimum Gasteiger partial charge on any atom is -0.370 e. The van der Waals surface area contributed by atoms with E-state index < -0.39 is 0 Å². The smallest absolute Gasteiger partial charge is 0.128 e. The van der Waals surface area contributed by atoms with Crippen molar-refractivity contribution in [3.8, 4) is 22.5 Å². The van der Waals surface area contributed by atoms with E-state index in [1.165, 1.54) is 0 Å². The summed E-state index contributed by atoms with van der Waals surface area (Å²) in [5.41, 5.74) is 8.70. The van der Waals surface area contributed by atoms with Crippen LogP contribution in [-0.2, 0) is 0 Å². The van der Waals surface area contributed by atoms with Gasteiger partial charge in [0.15, 0.2) is 0 Å². The van der Waals surface area contributed by atoms with Gasteiger partial charge in [0, 0.05) is 59.6 Å². The van der Waals surface area contributed by atoms with Gasteiger partial charge >= 0.3 is 0 Å². The van der Waals surface area contributed by atoms with Crippen molar-refractivity contribution in [2.45, 2.75) is 13.3 Å². The second kappa shape index (κ2) is 10.4. The molecule has 0 amide bonds. The number of rotatable bonds is 5. The molecule has 0 aliphatic carbocycles. The van der Waals surface area contributed by atoms with Crippen molar-refractivity contribution in [1.29, 1.82) is 0 Å². The lowest BCUT2D eigenvalue weighted by atomic mass is 10.1. The van der Waals surface area contributed by atoms with E-state index in [0.717, 1.165) is 102 Å². The second-order valence-electron chi connectivity index (χ2n) is 9.34. The molecular weight excluding hydrogens is 604 g/mol. The number of H-pyrrole nitrogens is 2. The predicted octanol–water partition coefficient (Wildman–Crippen LogP) is 7.23. The maximum atomic E-state index is 4.65. The average Bonchev–Trinajstić information content (AvgIpc) is 3.48. The van der Waals surface area contributed by atoms with E-state index in [-0.39, 0.29) is 0 Å². The van der Waals surface area contributed by atoms with Gasteiger partial charge in [-0.1, -0.05) is 48.5 Å². The Morgan fingerprint density at radius 1 is 0.868 bits per heavy atom. The van der Waals surface area contributed by atoms with Crippen molar-refractivity contribution in [3.63, 3.8) is 0 Å². The lowest BCUT2D eigenvalue weighted by Gasteiger charge is -2.14. The molecule has 3 aromatic carbocycles. The minimum atomic E-state index is 0.830. The van der Waals surface area contributed by atoms with E-state index in [1.807, 2.05) is 7.05 Å². The fraction of sp³-hybridized carbons (Fsp3) is 0.200. The highest BCUT2D eigenvalue weighted by Gasteiger charge is 2.16. The quantitative estimate of drug-likeness (QED) is 0.122. The first-order valence-corrected chi connectivity index (χ1v) is 14.4. The summed E-state index contributed by atoms with van der Waals surface area (Å²) in [5.74, 6) is 1.87. The molecular formula is C30H28Br2N6. The molecule has 6 rings (SSSR count). The molecule has 5 aromatic rings. The number of nitrogens with zero attached hydrogens (tertiary/aromatic N) is 2. The van der Waals surface area contributed by atoms with Gasteiger partial charge in [-0.2, -0.15) is 0 Å². The standard InChI is InChI=1S/C30H28Br2N6/c1-3-34-29(33-2)19-9-11-21-23(15-19)37-27(25(21)31)17-5-7-18(8-6-17)28-26(32)22-12-10-20(16-24(22)38-28)30-35-13-4-14-36-30/h5-12,15-16,37-38H,3-4,13-14H2,1-2H3,(H,33,34)(H,35,36). The van der Waals surface area contributed by atoms with Gasteiger partial charge in [-0.25, -0.2) is 0 Å². The van der Waals surface area contributed by atoms with Gasteiger partial charge in [0.1, 0.15) is 11.7 Å². The van der Waals surface area contributed by atoms with Crippen molar-refractivity contribution in [2.24, 2.45) is 9.98 Å². The van der Waals surface area contributed by atoms with Crippen LogP contribution in [0.3, 0.4) is 0 Å². The maximum Gasteiger partial charge on any atom is 0.128 e. The molecule has 0 unspecified atom stereocenters. The third-order valence-electron chi connectivity index (χ3n) is 6.94. The van der Waals surface area contributed by atoms with Crippen molar-refractivity contribution >= 4 is 65.3 Å². The van der Waals surface area contributed by atoms with Crippen LogP contribution in [0, 0.1) is 0 Å². The molecule has 0 saturated carbocycles. The van der Waals surface area contributed by atoms with Gasteiger partial charge in [-0.15, -0.1) is 0 Å². The Morgan fingerprint density at radius 2 is 1.47 bits per heavy atom. The van der Waals surface area contributed by atoms with E-state index in [4.69, 9.17) is 0 Å². The number of benzene rings is 3. The number of aromatic amines is 2. The third-order valence-corrected chi connectivity index (χ3v) is 8.59. The molecule has 0 radical (unpaired) electrons. The summed E-state index contributed by atoms with van der Waals surface area (Å²) in [6.45, 7) is 4.76. The summed E-state index contributed by atoms with van der Waals surface area (Å²) in [6, 6.07) is 21.5. The minimum absolute atomic E-state index is 0.830. The van der Waals surface area contributed by atoms with Crippen LogP contribution in [0.2, 0.25) is 0 Å². The van der Waals surface area contributed by atoms with Crippen LogP contribution in [0.25, 0.3) is 44.3 Å². The Labute approximate surface area is 238 Å². The Bertz CT molecular complexity index is 1710. The maximum absolute atomic E-state index is 4.65. The van der Waals surface area contributed by atoms with Gasteiger partial charge in [0.25, 0.3) is 0 Å². The van der Waals surface area contributed by atoms with Crippen molar-refractivity contribution in [2.75, 3.05) is 26.7 Å². The molecule has 1 aliphatic rings. The summed E-state index contributed by atoms with van der Waals surface area (Å²) in [7, 11) is 1.81. The number of halogens is 2. The SMILES string of the molecule is CCNC(=NC)c1ccc2c(Br)c(-c3ccc(-c4[nH]c5cc(C6=NCCCN6)ccc5c4Br)cc3)[nH]c2c1. The van der Waals surface area contributed by atoms with Crippen LogP contribution in [-0.4, -0.2) is 48.3 Å². The molecule has 0 bridgehead atoms. The van der Waals surface area contributed by atoms with Gasteiger partial charge < -0.3 is 20.6 Å². The summed E-state index contributed by atoms with van der Waals surface area (Å²) in [6.07, 6.45) is 1.08. The van der Waals surface area contributed by atoms with E-state index in [0.29, 0.717) is 0 Å². The molecule has 0 saturated heterocycles. The fourth-order valence-corrected chi connectivity index (χ4v) is 6.37. The van der Waals surface area contributed by atoms with E-state index in [2.05, 4.69) is 130 Å². The molecule has 192 valence electrons. The number of hydrogen-bond acceptors (Lipinski definition) is 3. The Kier molecular flexibility index (Phi) is 6.84. The lowest BCUT2D eigenvalue weighted by molar-refractivity contribution is 0.742. The number of nitrogens with one attached hydrogen (secondary N) is 4. The number of fused-ring (bicyclic) bond motifs is 2. The normalized spacial score (nSPS) is 14.1. The monoisotopic (exact) mass is 630 g/mol. The van der Waals surface area contributed by atoms with Crippen LogP contribution >= 0.6 is 31.9 Å². The Balaban J connectivity index is 1.32. The summed E-state index contributed by atoms with van der Waals surface area (Å²) < 4.78 is 2.13. The van der Waals surface area contributed by atoms with E-state index >= 15 is 0 Å². The number of hydrogen-bond donors (Lipinski definition) is 4. The molecule has 0 spiro atoms. The van der Waals surface area contributed by atoms with Gasteiger partial charge in [0.2, 0.25) is 0 Å². The number of amidine groups is 2. The first kappa shape index (κ1) is 24.9. The molecule has 0 fully saturated rings. The fourth-order valence-electron chi connectivity index (χ4n) is 5.03. The highest BCUT2D eigenvalue weighted by atomic mass is 79.9. The van der Waals surface area contributed by atoms with Crippen molar-refractivity contribution in [3.05, 3.63) is 80.7 Å². The highest BCUT2D eigenvalue weighted by Crippen LogP contribution is 2.38. The van der Waals surface area contributed by atoms with Crippen LogP contribution < -0.4 is 10.6 Å². The molecule has 2 aromatic heterocycles. The number of aliphatic imine (C=N–C) groups is 2. The zero-order chi connectivity index (χ0) is 26.2. The highest BCUT2D eigenvalue weighted by molar-refractivity contribution is 9.11. The van der Waals surface area contributed by atoms with Gasteiger partial charge in [-0.3, -0.25) is 9.98 Å². The molecule has 8 heteroatoms. The largest absolute Gasteiger partial charge is 0.370 e. The molecule has 1 aliphatic heterocycles. The Hall–Kier alpha value is -3.36. The predicted molar refractivity (Wildman–Crippen MR) is 167 cm³/mol. The van der Waals surface area contributed by atoms with E-state index in [9.17, 15) is 0 Å². The zero-order valence-electron chi connectivity index (χ0n) is 21.3. The van der Waals surface area contributed by atoms with E-state index in [1.54, 1.807) is 0 Å². The van der Waals surface area contributed by atoms with Gasteiger partial charge in [-0.05, 0) is 68.5 Å². The van der Waals surface area contributed by atoms with Gasteiger partial charge in [0.05, 0.1) is 20.3 Å². The molecule has 0 atom stereocenters. The first-order valence-electron chi connectivity index (χ1n) is 12.8. The molecule has 3 heterocycles. The summed E-state index contributed by atoms with van der Waals surface area (Å²) >= 11 is 7.67. The van der Waals surface area contributed by atoms with Crippen LogP contribution in [0.5, 0.6) is 0 Å². The molecule has 4 N–H and O–H groups in total. The summed E-state index contributed by atoms with van der Waals surface area (Å²) in [5, 5.41) is 9.05. The van der Waals surface area contributed by atoms with Crippen LogP contribution in [0.15, 0.2) is 79.6 Å². The lowest BCUT2D eigenvalue weighted by Crippen LogP contribution is -2.30. The van der Waals surface area contributed by atoms with Crippen LogP contribution in [0.1, 0.15) is 24.5 Å². The zero-order valence-corrected chi connectivity index (χ0v) is 24.4. The topological polar surface area (TPSA) is 80.4 Å². The Morgan fingerprint density at radius 3 is 2.05 bits per heavy atom. The van der Waals surface area contributed by atoms with Crippen molar-refractivity contribution < 1.29 is 0 Å². The summed E-state index contributed by atoms with van der Waals surface area (Å²) in [4.78, 5) is 16.3. The van der Waals surface area contributed by atoms with Crippen LogP contribution in [0.4, 0.5) is 0 Å².